The van der Waals surface area contributed by atoms with Gasteiger partial charge in [-0.25, -0.2) is 4.98 Å². The lowest BCUT2D eigenvalue weighted by Gasteiger charge is -2.16. The first-order valence-corrected chi connectivity index (χ1v) is 5.88. The van der Waals surface area contributed by atoms with Crippen molar-refractivity contribution in [1.29, 1.82) is 0 Å². The van der Waals surface area contributed by atoms with Gasteiger partial charge in [0.25, 0.3) is 5.91 Å². The van der Waals surface area contributed by atoms with Gasteiger partial charge in [-0.2, -0.15) is 0 Å². The van der Waals surface area contributed by atoms with Gasteiger partial charge in [0.1, 0.15) is 5.82 Å². The fourth-order valence-electron chi connectivity index (χ4n) is 2.00. The molecule has 2 aromatic rings. The molecule has 0 fully saturated rings. The third-order valence-corrected chi connectivity index (χ3v) is 2.76. The SMILES string of the molecule is Cc1cc(C)cc(C(=O)N(C)Cc2ncc[nH]2)c1. The molecule has 4 heteroatoms. The van der Waals surface area contributed by atoms with E-state index in [2.05, 4.69) is 16.0 Å². The Morgan fingerprint density at radius 2 is 1.94 bits per heavy atom. The van der Waals surface area contributed by atoms with Crippen LogP contribution in [0.4, 0.5) is 0 Å². The Hall–Kier alpha value is -2.10. The second kappa shape index (κ2) is 5.04. The van der Waals surface area contributed by atoms with Gasteiger partial charge in [0, 0.05) is 25.0 Å². The molecule has 0 bridgehead atoms. The van der Waals surface area contributed by atoms with E-state index < -0.39 is 0 Å². The highest BCUT2D eigenvalue weighted by molar-refractivity contribution is 5.94. The van der Waals surface area contributed by atoms with Crippen LogP contribution in [0.25, 0.3) is 0 Å². The van der Waals surface area contributed by atoms with E-state index in [1.807, 2.05) is 26.0 Å². The summed E-state index contributed by atoms with van der Waals surface area (Å²) in [4.78, 5) is 21.0. The molecule has 0 spiro atoms. The summed E-state index contributed by atoms with van der Waals surface area (Å²) in [7, 11) is 1.78. The zero-order chi connectivity index (χ0) is 13.1. The molecule has 1 aromatic carbocycles. The maximum Gasteiger partial charge on any atom is 0.254 e. The lowest BCUT2D eigenvalue weighted by Crippen LogP contribution is -2.26. The molecule has 18 heavy (non-hydrogen) atoms. The summed E-state index contributed by atoms with van der Waals surface area (Å²) < 4.78 is 0. The number of aryl methyl sites for hydroxylation is 2. The largest absolute Gasteiger partial charge is 0.347 e. The summed E-state index contributed by atoms with van der Waals surface area (Å²) >= 11 is 0. The molecular weight excluding hydrogens is 226 g/mol. The minimum Gasteiger partial charge on any atom is -0.347 e. The first-order chi connectivity index (χ1) is 8.56. The van der Waals surface area contributed by atoms with Crippen molar-refractivity contribution in [2.45, 2.75) is 20.4 Å². The van der Waals surface area contributed by atoms with Crippen LogP contribution in [0.5, 0.6) is 0 Å². The summed E-state index contributed by atoms with van der Waals surface area (Å²) in [5.74, 6) is 0.799. The van der Waals surface area contributed by atoms with E-state index >= 15 is 0 Å². The van der Waals surface area contributed by atoms with Gasteiger partial charge in [0.15, 0.2) is 0 Å². The van der Waals surface area contributed by atoms with E-state index in [1.54, 1.807) is 24.3 Å². The Balaban J connectivity index is 2.15. The van der Waals surface area contributed by atoms with Crippen LogP contribution in [0.1, 0.15) is 27.3 Å². The van der Waals surface area contributed by atoms with E-state index in [9.17, 15) is 4.79 Å². The zero-order valence-electron chi connectivity index (χ0n) is 10.9. The normalized spacial score (nSPS) is 10.4. The molecule has 0 unspecified atom stereocenters. The number of rotatable bonds is 3. The van der Waals surface area contributed by atoms with Gasteiger partial charge in [-0.05, 0) is 26.0 Å². The minimum atomic E-state index is 0.0122. The molecule has 1 N–H and O–H groups in total. The third kappa shape index (κ3) is 2.77. The van der Waals surface area contributed by atoms with Crippen molar-refractivity contribution < 1.29 is 4.79 Å². The van der Waals surface area contributed by atoms with Crippen molar-refractivity contribution in [1.82, 2.24) is 14.9 Å². The quantitative estimate of drug-likeness (QED) is 0.899. The van der Waals surface area contributed by atoms with Gasteiger partial charge in [0.2, 0.25) is 0 Å². The molecule has 4 nitrogen and oxygen atoms in total. The standard InChI is InChI=1S/C14H17N3O/c1-10-6-11(2)8-12(7-10)14(18)17(3)9-13-15-4-5-16-13/h4-8H,9H2,1-3H3,(H,15,16). The van der Waals surface area contributed by atoms with E-state index in [4.69, 9.17) is 0 Å². The maximum atomic E-state index is 12.3. The van der Waals surface area contributed by atoms with Crippen LogP contribution in [-0.2, 0) is 6.54 Å². The second-order valence-corrected chi connectivity index (χ2v) is 4.57. The molecular formula is C14H17N3O. The summed E-state index contributed by atoms with van der Waals surface area (Å²) in [5, 5.41) is 0. The van der Waals surface area contributed by atoms with E-state index in [1.165, 1.54) is 0 Å². The Bertz CT molecular complexity index is 526. The number of hydrogen-bond donors (Lipinski definition) is 1. The number of carbonyl (C=O) groups is 1. The molecule has 1 amide bonds. The highest BCUT2D eigenvalue weighted by atomic mass is 16.2. The van der Waals surface area contributed by atoms with Crippen LogP contribution < -0.4 is 0 Å². The first-order valence-electron chi connectivity index (χ1n) is 5.88. The molecule has 0 aliphatic carbocycles. The lowest BCUT2D eigenvalue weighted by molar-refractivity contribution is 0.0781. The Morgan fingerprint density at radius 1 is 1.28 bits per heavy atom. The molecule has 0 saturated heterocycles. The third-order valence-electron chi connectivity index (χ3n) is 2.76. The fraction of sp³-hybridized carbons (Fsp3) is 0.286. The monoisotopic (exact) mass is 243 g/mol. The molecule has 0 saturated carbocycles. The minimum absolute atomic E-state index is 0.0122. The van der Waals surface area contributed by atoms with Gasteiger partial charge in [-0.15, -0.1) is 0 Å². The summed E-state index contributed by atoms with van der Waals surface area (Å²) in [5.41, 5.74) is 2.93. The number of nitrogens with one attached hydrogen (secondary N) is 1. The number of imidazole rings is 1. The van der Waals surface area contributed by atoms with Crippen molar-refractivity contribution in [2.75, 3.05) is 7.05 Å². The summed E-state index contributed by atoms with van der Waals surface area (Å²) in [6, 6.07) is 5.88. The van der Waals surface area contributed by atoms with Crippen molar-refractivity contribution in [3.05, 3.63) is 53.1 Å². The van der Waals surface area contributed by atoms with Crippen LogP contribution in [0, 0.1) is 13.8 Å². The summed E-state index contributed by atoms with van der Waals surface area (Å²) in [6.07, 6.45) is 3.44. The molecule has 1 heterocycles. The van der Waals surface area contributed by atoms with Gasteiger partial charge >= 0.3 is 0 Å². The predicted molar refractivity (Wildman–Crippen MR) is 70.3 cm³/mol. The highest BCUT2D eigenvalue weighted by Crippen LogP contribution is 2.11. The first kappa shape index (κ1) is 12.4. The number of nitrogens with zero attached hydrogens (tertiary/aromatic N) is 2. The number of benzene rings is 1. The number of aromatic amines is 1. The molecule has 0 aliphatic heterocycles. The van der Waals surface area contributed by atoms with Crippen molar-refractivity contribution in [3.8, 4) is 0 Å². The predicted octanol–water partition coefficient (Wildman–Crippen LogP) is 2.30. The molecule has 2 rings (SSSR count). The highest BCUT2D eigenvalue weighted by Gasteiger charge is 2.13. The maximum absolute atomic E-state index is 12.3. The van der Waals surface area contributed by atoms with Crippen LogP contribution in [-0.4, -0.2) is 27.8 Å². The second-order valence-electron chi connectivity index (χ2n) is 4.57. The smallest absolute Gasteiger partial charge is 0.254 e. The van der Waals surface area contributed by atoms with Crippen LogP contribution in [0.2, 0.25) is 0 Å². The zero-order valence-corrected chi connectivity index (χ0v) is 10.9. The molecule has 0 aliphatic rings. The van der Waals surface area contributed by atoms with Gasteiger partial charge in [-0.1, -0.05) is 17.2 Å². The fourth-order valence-corrected chi connectivity index (χ4v) is 2.00. The van der Waals surface area contributed by atoms with Crippen molar-refractivity contribution in [2.24, 2.45) is 0 Å². The average Bonchev–Trinajstić information content (AvgIpc) is 2.79. The molecule has 94 valence electrons. The van der Waals surface area contributed by atoms with Crippen LogP contribution >= 0.6 is 0 Å². The van der Waals surface area contributed by atoms with Gasteiger partial charge in [-0.3, -0.25) is 4.79 Å². The topological polar surface area (TPSA) is 49.0 Å². The Kier molecular flexibility index (Phi) is 3.46. The summed E-state index contributed by atoms with van der Waals surface area (Å²) in [6.45, 7) is 4.48. The van der Waals surface area contributed by atoms with Crippen LogP contribution in [0.3, 0.4) is 0 Å². The Morgan fingerprint density at radius 3 is 2.50 bits per heavy atom. The molecule has 1 aromatic heterocycles. The Labute approximate surface area is 107 Å². The number of H-pyrrole nitrogens is 1. The molecule has 0 radical (unpaired) electrons. The number of aromatic nitrogens is 2. The number of hydrogen-bond acceptors (Lipinski definition) is 2. The van der Waals surface area contributed by atoms with Crippen LogP contribution in [0.15, 0.2) is 30.6 Å². The van der Waals surface area contributed by atoms with Crippen molar-refractivity contribution in [3.63, 3.8) is 0 Å². The van der Waals surface area contributed by atoms with Gasteiger partial charge < -0.3 is 9.88 Å². The van der Waals surface area contributed by atoms with Gasteiger partial charge in [0.05, 0.1) is 6.54 Å². The number of amides is 1. The van der Waals surface area contributed by atoms with E-state index in [-0.39, 0.29) is 5.91 Å². The average molecular weight is 243 g/mol. The van der Waals surface area contributed by atoms with E-state index in [0.29, 0.717) is 6.54 Å². The van der Waals surface area contributed by atoms with Crippen molar-refractivity contribution >= 4 is 5.91 Å². The van der Waals surface area contributed by atoms with E-state index in [0.717, 1.165) is 22.5 Å². The lowest BCUT2D eigenvalue weighted by atomic mass is 10.1. The molecule has 0 atom stereocenters. The number of carbonyl (C=O) groups excluding carboxylic acids is 1.